The number of aliphatic hydroxyl groups excluding tert-OH is 1. The van der Waals surface area contributed by atoms with E-state index in [1.54, 1.807) is 31.5 Å². The fraction of sp³-hybridized carbons (Fsp3) is 0.429. The van der Waals surface area contributed by atoms with Crippen molar-refractivity contribution in [3.05, 3.63) is 34.7 Å². The molecule has 5 heteroatoms. The molecule has 0 unspecified atom stereocenters. The summed E-state index contributed by atoms with van der Waals surface area (Å²) in [6, 6.07) is 5.27. The van der Waals surface area contributed by atoms with Crippen LogP contribution in [0, 0.1) is 5.41 Å². The van der Waals surface area contributed by atoms with Gasteiger partial charge in [0.1, 0.15) is 5.75 Å². The molecule has 2 rings (SSSR count). The van der Waals surface area contributed by atoms with Crippen molar-refractivity contribution in [1.82, 2.24) is 9.78 Å². The van der Waals surface area contributed by atoms with E-state index in [1.165, 1.54) is 4.68 Å². The minimum atomic E-state index is -0.378. The maximum Gasteiger partial charge on any atom is 0.274 e. The number of hydrogen-bond acceptors (Lipinski definition) is 4. The Morgan fingerprint density at radius 3 is 2.79 bits per heavy atom. The normalized spacial score (nSPS) is 11.8. The lowest BCUT2D eigenvalue weighted by molar-refractivity contribution is 0.135. The van der Waals surface area contributed by atoms with Gasteiger partial charge in [0.25, 0.3) is 5.56 Å². The molecule has 1 heterocycles. The fourth-order valence-electron chi connectivity index (χ4n) is 1.86. The van der Waals surface area contributed by atoms with Crippen molar-refractivity contribution in [3.8, 4) is 5.75 Å². The van der Waals surface area contributed by atoms with Gasteiger partial charge in [0.15, 0.2) is 0 Å². The van der Waals surface area contributed by atoms with Crippen molar-refractivity contribution in [2.24, 2.45) is 5.41 Å². The summed E-state index contributed by atoms with van der Waals surface area (Å²) >= 11 is 0. The third-order valence-corrected chi connectivity index (χ3v) is 3.07. The maximum absolute atomic E-state index is 12.3. The monoisotopic (exact) mass is 262 g/mol. The van der Waals surface area contributed by atoms with Gasteiger partial charge in [-0.05, 0) is 18.2 Å². The third-order valence-electron chi connectivity index (χ3n) is 3.07. The van der Waals surface area contributed by atoms with E-state index in [0.29, 0.717) is 17.7 Å². The van der Waals surface area contributed by atoms with Gasteiger partial charge in [-0.1, -0.05) is 13.8 Å². The van der Waals surface area contributed by atoms with E-state index >= 15 is 0 Å². The first-order chi connectivity index (χ1) is 8.96. The number of methoxy groups -OCH3 is 1. The average Bonchev–Trinajstić information content (AvgIpc) is 2.41. The van der Waals surface area contributed by atoms with E-state index in [1.807, 2.05) is 13.8 Å². The molecule has 102 valence electrons. The summed E-state index contributed by atoms with van der Waals surface area (Å²) < 4.78 is 6.51. The second-order valence-electron chi connectivity index (χ2n) is 5.38. The summed E-state index contributed by atoms with van der Waals surface area (Å²) in [5.41, 5.74) is -0.529. The predicted molar refractivity (Wildman–Crippen MR) is 73.4 cm³/mol. The molecule has 0 aliphatic rings. The summed E-state index contributed by atoms with van der Waals surface area (Å²) in [5, 5.41) is 14.8. The summed E-state index contributed by atoms with van der Waals surface area (Å²) in [6.07, 6.45) is 1.65. The Kier molecular flexibility index (Phi) is 3.57. The fourth-order valence-corrected chi connectivity index (χ4v) is 1.86. The molecule has 0 bridgehead atoms. The van der Waals surface area contributed by atoms with E-state index in [4.69, 9.17) is 4.74 Å². The topological polar surface area (TPSA) is 64.3 Å². The van der Waals surface area contributed by atoms with Crippen LogP contribution in [0.5, 0.6) is 5.75 Å². The summed E-state index contributed by atoms with van der Waals surface area (Å²) in [7, 11) is 1.58. The molecule has 5 nitrogen and oxygen atoms in total. The van der Waals surface area contributed by atoms with E-state index < -0.39 is 0 Å². The van der Waals surface area contributed by atoms with E-state index in [0.717, 1.165) is 5.39 Å². The first kappa shape index (κ1) is 13.5. The van der Waals surface area contributed by atoms with Gasteiger partial charge in [0, 0.05) is 17.4 Å². The third kappa shape index (κ3) is 2.76. The SMILES string of the molecule is COc1ccc2c(=O)n(CC(C)(C)CO)ncc2c1. The highest BCUT2D eigenvalue weighted by molar-refractivity contribution is 5.82. The molecule has 0 atom stereocenters. The number of fused-ring (bicyclic) bond motifs is 1. The zero-order valence-electron chi connectivity index (χ0n) is 11.4. The number of hydrogen-bond donors (Lipinski definition) is 1. The molecule has 0 radical (unpaired) electrons. The standard InChI is InChI=1S/C14H18N2O3/c1-14(2,9-17)8-16-13(18)12-5-4-11(19-3)6-10(12)7-15-16/h4-7,17H,8-9H2,1-3H3. The Morgan fingerprint density at radius 1 is 1.42 bits per heavy atom. The van der Waals surface area contributed by atoms with Crippen LogP contribution in [-0.4, -0.2) is 28.6 Å². The number of aliphatic hydroxyl groups is 1. The first-order valence-electron chi connectivity index (χ1n) is 6.11. The Balaban J connectivity index is 2.50. The van der Waals surface area contributed by atoms with Crippen molar-refractivity contribution in [2.75, 3.05) is 13.7 Å². The molecule has 0 amide bonds. The van der Waals surface area contributed by atoms with Crippen LogP contribution in [0.1, 0.15) is 13.8 Å². The van der Waals surface area contributed by atoms with Gasteiger partial charge in [-0.25, -0.2) is 4.68 Å². The number of aromatic nitrogens is 2. The number of nitrogens with zero attached hydrogens (tertiary/aromatic N) is 2. The summed E-state index contributed by atoms with van der Waals surface area (Å²) in [6.45, 7) is 4.16. The highest BCUT2D eigenvalue weighted by Gasteiger charge is 2.19. The minimum absolute atomic E-state index is 0.00176. The highest BCUT2D eigenvalue weighted by Crippen LogP contribution is 2.19. The molecule has 0 spiro atoms. The molecular weight excluding hydrogens is 244 g/mol. The van der Waals surface area contributed by atoms with Gasteiger partial charge in [-0.15, -0.1) is 0 Å². The molecule has 2 aromatic rings. The molecule has 0 fully saturated rings. The van der Waals surface area contributed by atoms with Crippen LogP contribution in [0.2, 0.25) is 0 Å². The highest BCUT2D eigenvalue weighted by atomic mass is 16.5. The van der Waals surface area contributed by atoms with Crippen molar-refractivity contribution in [2.45, 2.75) is 20.4 Å². The molecule has 1 aromatic carbocycles. The molecular formula is C14H18N2O3. The second kappa shape index (κ2) is 5.01. The van der Waals surface area contributed by atoms with Crippen molar-refractivity contribution in [3.63, 3.8) is 0 Å². The second-order valence-corrected chi connectivity index (χ2v) is 5.38. The quantitative estimate of drug-likeness (QED) is 0.905. The molecule has 0 saturated heterocycles. The molecule has 1 aromatic heterocycles. The molecule has 0 saturated carbocycles. The van der Waals surface area contributed by atoms with Crippen LogP contribution in [0.15, 0.2) is 29.2 Å². The lowest BCUT2D eigenvalue weighted by atomic mass is 9.95. The van der Waals surface area contributed by atoms with Crippen LogP contribution < -0.4 is 10.3 Å². The van der Waals surface area contributed by atoms with Gasteiger partial charge in [0.05, 0.1) is 25.2 Å². The minimum Gasteiger partial charge on any atom is -0.497 e. The van der Waals surface area contributed by atoms with Gasteiger partial charge in [-0.3, -0.25) is 4.79 Å². The summed E-state index contributed by atoms with van der Waals surface area (Å²) in [5.74, 6) is 0.696. The smallest absolute Gasteiger partial charge is 0.274 e. The van der Waals surface area contributed by atoms with Gasteiger partial charge in [0.2, 0.25) is 0 Å². The average molecular weight is 262 g/mol. The Labute approximate surface area is 111 Å². The van der Waals surface area contributed by atoms with E-state index in [2.05, 4.69) is 5.10 Å². The molecule has 0 aliphatic carbocycles. The van der Waals surface area contributed by atoms with Crippen LogP contribution in [0.3, 0.4) is 0 Å². The zero-order valence-corrected chi connectivity index (χ0v) is 11.4. The van der Waals surface area contributed by atoms with Crippen LogP contribution in [0.4, 0.5) is 0 Å². The number of ether oxygens (including phenoxy) is 1. The zero-order chi connectivity index (χ0) is 14.0. The lowest BCUT2D eigenvalue weighted by Gasteiger charge is -2.21. The Morgan fingerprint density at radius 2 is 2.16 bits per heavy atom. The number of benzene rings is 1. The van der Waals surface area contributed by atoms with Gasteiger partial charge < -0.3 is 9.84 Å². The van der Waals surface area contributed by atoms with Gasteiger partial charge >= 0.3 is 0 Å². The predicted octanol–water partition coefficient (Wildman–Crippen LogP) is 1.42. The summed E-state index contributed by atoms with van der Waals surface area (Å²) in [4.78, 5) is 12.3. The lowest BCUT2D eigenvalue weighted by Crippen LogP contribution is -2.32. The molecule has 0 aliphatic heterocycles. The van der Waals surface area contributed by atoms with Crippen molar-refractivity contribution >= 4 is 10.8 Å². The Hall–Kier alpha value is -1.88. The van der Waals surface area contributed by atoms with Crippen LogP contribution >= 0.6 is 0 Å². The first-order valence-corrected chi connectivity index (χ1v) is 6.11. The van der Waals surface area contributed by atoms with E-state index in [-0.39, 0.29) is 17.6 Å². The number of rotatable bonds is 4. The molecule has 19 heavy (non-hydrogen) atoms. The maximum atomic E-state index is 12.3. The molecule has 1 N–H and O–H groups in total. The largest absolute Gasteiger partial charge is 0.497 e. The van der Waals surface area contributed by atoms with Crippen molar-refractivity contribution < 1.29 is 9.84 Å². The van der Waals surface area contributed by atoms with Crippen molar-refractivity contribution in [1.29, 1.82) is 0 Å². The van der Waals surface area contributed by atoms with Gasteiger partial charge in [-0.2, -0.15) is 5.10 Å². The Bertz CT molecular complexity index is 647. The van der Waals surface area contributed by atoms with Crippen LogP contribution in [0.25, 0.3) is 10.8 Å². The van der Waals surface area contributed by atoms with E-state index in [9.17, 15) is 9.90 Å². The van der Waals surface area contributed by atoms with Crippen LogP contribution in [-0.2, 0) is 6.54 Å².